The molecule has 126 valence electrons. The monoisotopic (exact) mass is 321 g/mol. The van der Waals surface area contributed by atoms with Crippen molar-refractivity contribution in [1.29, 1.82) is 0 Å². The summed E-state index contributed by atoms with van der Waals surface area (Å²) < 4.78 is 6.82. The Balaban J connectivity index is 1.67. The van der Waals surface area contributed by atoms with Crippen LogP contribution >= 0.6 is 0 Å². The molecule has 0 saturated carbocycles. The molecule has 1 N–H and O–H groups in total. The zero-order valence-corrected chi connectivity index (χ0v) is 13.7. The summed E-state index contributed by atoms with van der Waals surface area (Å²) in [4.78, 5) is 27.9. The first kappa shape index (κ1) is 15.8. The van der Waals surface area contributed by atoms with E-state index in [4.69, 9.17) is 4.74 Å². The van der Waals surface area contributed by atoms with Crippen LogP contribution in [0.15, 0.2) is 0 Å². The molecule has 3 rings (SSSR count). The van der Waals surface area contributed by atoms with Crippen molar-refractivity contribution in [2.45, 2.75) is 19.9 Å². The Labute approximate surface area is 135 Å². The molecule has 1 saturated heterocycles. The standard InChI is InChI=1S/C15H23N5O3/c1-3-23-15(22)20-8-6-19(7-9-20)14(21)13-11-10-16-5-4-12(11)18(2)17-13/h16H,3-10H2,1-2H3. The largest absolute Gasteiger partial charge is 0.450 e. The number of nitrogens with one attached hydrogen (secondary N) is 1. The minimum atomic E-state index is -0.306. The lowest BCUT2D eigenvalue weighted by Crippen LogP contribution is -2.51. The average molecular weight is 321 g/mol. The maximum Gasteiger partial charge on any atom is 0.409 e. The second-order valence-corrected chi connectivity index (χ2v) is 5.80. The van der Waals surface area contributed by atoms with E-state index in [1.54, 1.807) is 16.7 Å². The van der Waals surface area contributed by atoms with Gasteiger partial charge in [0.1, 0.15) is 0 Å². The zero-order chi connectivity index (χ0) is 16.4. The summed E-state index contributed by atoms with van der Waals surface area (Å²) in [7, 11) is 1.89. The molecule has 23 heavy (non-hydrogen) atoms. The summed E-state index contributed by atoms with van der Waals surface area (Å²) in [6.07, 6.45) is 0.585. The number of hydrogen-bond donors (Lipinski definition) is 1. The molecular formula is C15H23N5O3. The van der Waals surface area contributed by atoms with E-state index in [0.29, 0.717) is 45.0 Å². The van der Waals surface area contributed by atoms with Gasteiger partial charge < -0.3 is 19.9 Å². The fraction of sp³-hybridized carbons (Fsp3) is 0.667. The maximum atomic E-state index is 12.8. The number of nitrogens with zero attached hydrogens (tertiary/aromatic N) is 4. The van der Waals surface area contributed by atoms with Gasteiger partial charge in [-0.05, 0) is 6.92 Å². The first-order chi connectivity index (χ1) is 11.1. The van der Waals surface area contributed by atoms with Gasteiger partial charge in [0.15, 0.2) is 5.69 Å². The van der Waals surface area contributed by atoms with E-state index in [1.165, 1.54) is 0 Å². The number of aryl methyl sites for hydroxylation is 1. The smallest absolute Gasteiger partial charge is 0.409 e. The highest BCUT2D eigenvalue weighted by Gasteiger charge is 2.30. The first-order valence-corrected chi connectivity index (χ1v) is 8.08. The highest BCUT2D eigenvalue weighted by Crippen LogP contribution is 2.19. The molecule has 0 radical (unpaired) electrons. The van der Waals surface area contributed by atoms with Gasteiger partial charge in [0, 0.05) is 64.0 Å². The number of fused-ring (bicyclic) bond motifs is 1. The minimum absolute atomic E-state index is 0.0472. The summed E-state index contributed by atoms with van der Waals surface area (Å²) in [5.41, 5.74) is 2.69. The van der Waals surface area contributed by atoms with Crippen molar-refractivity contribution in [1.82, 2.24) is 24.9 Å². The van der Waals surface area contributed by atoms with Gasteiger partial charge in [0.2, 0.25) is 0 Å². The molecule has 0 spiro atoms. The van der Waals surface area contributed by atoms with E-state index in [9.17, 15) is 9.59 Å². The third-order valence-electron chi connectivity index (χ3n) is 4.41. The molecule has 3 heterocycles. The number of aromatic nitrogens is 2. The Morgan fingerprint density at radius 3 is 2.61 bits per heavy atom. The molecule has 1 aromatic rings. The van der Waals surface area contributed by atoms with Crippen LogP contribution in [0, 0.1) is 0 Å². The molecule has 1 fully saturated rings. The predicted molar refractivity (Wildman–Crippen MR) is 83.1 cm³/mol. The molecule has 0 unspecified atom stereocenters. The van der Waals surface area contributed by atoms with Crippen LogP contribution in [0.1, 0.15) is 28.7 Å². The quantitative estimate of drug-likeness (QED) is 0.828. The SMILES string of the molecule is CCOC(=O)N1CCN(C(=O)c2nn(C)c3c2CNCC3)CC1. The van der Waals surface area contributed by atoms with Crippen LogP contribution in [0.5, 0.6) is 0 Å². The van der Waals surface area contributed by atoms with Gasteiger partial charge in [-0.3, -0.25) is 9.48 Å². The lowest BCUT2D eigenvalue weighted by molar-refractivity contribution is 0.0564. The number of carbonyl (C=O) groups is 2. The Morgan fingerprint density at radius 2 is 1.91 bits per heavy atom. The summed E-state index contributed by atoms with van der Waals surface area (Å²) in [5, 5.41) is 7.73. The molecule has 8 nitrogen and oxygen atoms in total. The maximum absolute atomic E-state index is 12.8. The van der Waals surface area contributed by atoms with Crippen molar-refractivity contribution >= 4 is 12.0 Å². The van der Waals surface area contributed by atoms with Crippen molar-refractivity contribution in [3.63, 3.8) is 0 Å². The van der Waals surface area contributed by atoms with Gasteiger partial charge in [-0.25, -0.2) is 4.79 Å². The summed E-state index contributed by atoms with van der Waals surface area (Å²) in [6, 6.07) is 0. The van der Waals surface area contributed by atoms with Gasteiger partial charge in [-0.15, -0.1) is 0 Å². The molecule has 2 amide bonds. The van der Waals surface area contributed by atoms with Gasteiger partial charge >= 0.3 is 6.09 Å². The van der Waals surface area contributed by atoms with Crippen molar-refractivity contribution in [2.24, 2.45) is 7.05 Å². The van der Waals surface area contributed by atoms with Crippen molar-refractivity contribution in [3.8, 4) is 0 Å². The lowest BCUT2D eigenvalue weighted by Gasteiger charge is -2.33. The number of rotatable bonds is 2. The Hall–Kier alpha value is -2.09. The molecule has 0 bridgehead atoms. The van der Waals surface area contributed by atoms with Gasteiger partial charge in [0.05, 0.1) is 6.61 Å². The molecule has 1 aromatic heterocycles. The van der Waals surface area contributed by atoms with E-state index < -0.39 is 0 Å². The van der Waals surface area contributed by atoms with E-state index in [1.807, 2.05) is 11.7 Å². The number of piperazine rings is 1. The van der Waals surface area contributed by atoms with E-state index >= 15 is 0 Å². The molecule has 8 heteroatoms. The van der Waals surface area contributed by atoms with E-state index in [2.05, 4.69) is 10.4 Å². The molecule has 0 aromatic carbocycles. The highest BCUT2D eigenvalue weighted by atomic mass is 16.6. The fourth-order valence-electron chi connectivity index (χ4n) is 3.15. The first-order valence-electron chi connectivity index (χ1n) is 8.08. The Morgan fingerprint density at radius 1 is 1.22 bits per heavy atom. The van der Waals surface area contributed by atoms with E-state index in [-0.39, 0.29) is 12.0 Å². The van der Waals surface area contributed by atoms with Crippen LogP contribution in [0.4, 0.5) is 4.79 Å². The normalized spacial score (nSPS) is 17.8. The van der Waals surface area contributed by atoms with Crippen LogP contribution in [0.25, 0.3) is 0 Å². The fourth-order valence-corrected chi connectivity index (χ4v) is 3.15. The third-order valence-corrected chi connectivity index (χ3v) is 4.41. The van der Waals surface area contributed by atoms with Crippen LogP contribution in [-0.4, -0.2) is 70.9 Å². The molecular weight excluding hydrogens is 298 g/mol. The van der Waals surface area contributed by atoms with Crippen molar-refractivity contribution < 1.29 is 14.3 Å². The zero-order valence-electron chi connectivity index (χ0n) is 13.7. The second-order valence-electron chi connectivity index (χ2n) is 5.80. The topological polar surface area (TPSA) is 79.7 Å². The molecule has 2 aliphatic rings. The van der Waals surface area contributed by atoms with Gasteiger partial charge in [-0.1, -0.05) is 0 Å². The van der Waals surface area contributed by atoms with Gasteiger partial charge in [0.25, 0.3) is 5.91 Å². The summed E-state index contributed by atoms with van der Waals surface area (Å²) in [6.45, 7) is 5.77. The third kappa shape index (κ3) is 3.03. The van der Waals surface area contributed by atoms with Crippen LogP contribution in [0.2, 0.25) is 0 Å². The summed E-state index contributed by atoms with van der Waals surface area (Å²) in [5.74, 6) is -0.0472. The van der Waals surface area contributed by atoms with Gasteiger partial charge in [-0.2, -0.15) is 5.10 Å². The number of ether oxygens (including phenoxy) is 1. The Bertz CT molecular complexity index is 604. The predicted octanol–water partition coefficient (Wildman–Crippen LogP) is -0.0199. The van der Waals surface area contributed by atoms with Crippen molar-refractivity contribution in [2.75, 3.05) is 39.3 Å². The Kier molecular flexibility index (Phi) is 4.51. The second kappa shape index (κ2) is 6.57. The average Bonchev–Trinajstić information content (AvgIpc) is 2.92. The number of amides is 2. The van der Waals surface area contributed by atoms with Crippen molar-refractivity contribution in [3.05, 3.63) is 17.0 Å². The number of carbonyl (C=O) groups excluding carboxylic acids is 2. The highest BCUT2D eigenvalue weighted by molar-refractivity contribution is 5.94. The molecule has 0 atom stereocenters. The van der Waals surface area contributed by atoms with Crippen LogP contribution in [0.3, 0.4) is 0 Å². The van der Waals surface area contributed by atoms with Crippen LogP contribution in [-0.2, 0) is 24.8 Å². The van der Waals surface area contributed by atoms with E-state index in [0.717, 1.165) is 24.2 Å². The number of hydrogen-bond acceptors (Lipinski definition) is 5. The minimum Gasteiger partial charge on any atom is -0.450 e. The summed E-state index contributed by atoms with van der Waals surface area (Å²) >= 11 is 0. The molecule has 0 aliphatic carbocycles. The lowest BCUT2D eigenvalue weighted by atomic mass is 10.1. The molecule has 2 aliphatic heterocycles. The van der Waals surface area contributed by atoms with Crippen LogP contribution < -0.4 is 5.32 Å².